The molecule has 1 aromatic carbocycles. The molecule has 17 heavy (non-hydrogen) atoms. The zero-order valence-electron chi connectivity index (χ0n) is 8.57. The highest BCUT2D eigenvalue weighted by Gasteiger charge is 2.29. The van der Waals surface area contributed by atoms with Crippen LogP contribution < -0.4 is 5.73 Å². The molecule has 0 radical (unpaired) electrons. The molecular formula is C11H8F3N3. The molecule has 0 aliphatic rings. The summed E-state index contributed by atoms with van der Waals surface area (Å²) in [5.41, 5.74) is 6.03. The standard InChI is InChI=1S/C11H8F3N3/c12-11(13,14)8-3-1-7(2-4-8)9-5-6-16-17-10(9)15/h1-6H,(H2,15,17). The van der Waals surface area contributed by atoms with Crippen molar-refractivity contribution in [2.24, 2.45) is 0 Å². The van der Waals surface area contributed by atoms with Crippen molar-refractivity contribution < 1.29 is 13.2 Å². The molecule has 0 amide bonds. The lowest BCUT2D eigenvalue weighted by Crippen LogP contribution is -2.04. The third-order valence-electron chi connectivity index (χ3n) is 2.27. The summed E-state index contributed by atoms with van der Waals surface area (Å²) in [7, 11) is 0. The molecule has 1 heterocycles. The van der Waals surface area contributed by atoms with Crippen molar-refractivity contribution in [2.45, 2.75) is 6.18 Å². The van der Waals surface area contributed by atoms with Crippen LogP contribution in [0, 0.1) is 0 Å². The van der Waals surface area contributed by atoms with Gasteiger partial charge in [-0.1, -0.05) is 12.1 Å². The number of hydrogen-bond donors (Lipinski definition) is 1. The van der Waals surface area contributed by atoms with E-state index in [1.807, 2.05) is 0 Å². The van der Waals surface area contributed by atoms with Gasteiger partial charge in [0.2, 0.25) is 0 Å². The van der Waals surface area contributed by atoms with Gasteiger partial charge in [-0.05, 0) is 23.8 Å². The lowest BCUT2D eigenvalue weighted by atomic mass is 10.1. The molecule has 0 bridgehead atoms. The second-order valence-electron chi connectivity index (χ2n) is 3.41. The third kappa shape index (κ3) is 2.35. The molecule has 0 saturated heterocycles. The number of aromatic nitrogens is 2. The quantitative estimate of drug-likeness (QED) is 0.832. The van der Waals surface area contributed by atoms with Gasteiger partial charge in [-0.2, -0.15) is 18.3 Å². The number of alkyl halides is 3. The molecule has 2 rings (SSSR count). The van der Waals surface area contributed by atoms with E-state index in [1.54, 1.807) is 6.07 Å². The van der Waals surface area contributed by atoms with E-state index >= 15 is 0 Å². The summed E-state index contributed by atoms with van der Waals surface area (Å²) in [5.74, 6) is 0.187. The predicted octanol–water partition coefficient (Wildman–Crippen LogP) is 2.74. The van der Waals surface area contributed by atoms with Crippen molar-refractivity contribution >= 4 is 5.82 Å². The highest BCUT2D eigenvalue weighted by Crippen LogP contribution is 2.31. The van der Waals surface area contributed by atoms with E-state index in [2.05, 4.69) is 10.2 Å². The molecule has 2 aromatic rings. The van der Waals surface area contributed by atoms with Gasteiger partial charge in [0.05, 0.1) is 11.8 Å². The maximum Gasteiger partial charge on any atom is 0.416 e. The van der Waals surface area contributed by atoms with Crippen LogP contribution in [-0.4, -0.2) is 10.2 Å². The topological polar surface area (TPSA) is 51.8 Å². The molecular weight excluding hydrogens is 231 g/mol. The first kappa shape index (κ1) is 11.4. The Hall–Kier alpha value is -2.11. The number of nitrogens with two attached hydrogens (primary N) is 1. The maximum atomic E-state index is 12.4. The second kappa shape index (κ2) is 4.04. The van der Waals surface area contributed by atoms with E-state index in [1.165, 1.54) is 18.3 Å². The molecule has 88 valence electrons. The fourth-order valence-electron chi connectivity index (χ4n) is 1.43. The lowest BCUT2D eigenvalue weighted by Gasteiger charge is -2.08. The van der Waals surface area contributed by atoms with Crippen LogP contribution in [0.3, 0.4) is 0 Å². The van der Waals surface area contributed by atoms with Gasteiger partial charge in [-0.3, -0.25) is 0 Å². The van der Waals surface area contributed by atoms with Gasteiger partial charge >= 0.3 is 6.18 Å². The minimum atomic E-state index is -4.33. The van der Waals surface area contributed by atoms with E-state index in [9.17, 15) is 13.2 Å². The summed E-state index contributed by atoms with van der Waals surface area (Å²) >= 11 is 0. The first-order chi connectivity index (χ1) is 7.98. The molecule has 0 fully saturated rings. The number of rotatable bonds is 1. The van der Waals surface area contributed by atoms with Crippen LogP contribution in [0.25, 0.3) is 11.1 Å². The van der Waals surface area contributed by atoms with Crippen molar-refractivity contribution in [1.29, 1.82) is 0 Å². The van der Waals surface area contributed by atoms with E-state index in [4.69, 9.17) is 5.73 Å². The average molecular weight is 239 g/mol. The van der Waals surface area contributed by atoms with E-state index in [-0.39, 0.29) is 5.82 Å². The van der Waals surface area contributed by atoms with Crippen LogP contribution in [0.1, 0.15) is 5.56 Å². The number of hydrogen-bond acceptors (Lipinski definition) is 3. The van der Waals surface area contributed by atoms with Crippen LogP contribution in [-0.2, 0) is 6.18 Å². The van der Waals surface area contributed by atoms with Gasteiger partial charge in [0.1, 0.15) is 0 Å². The molecule has 6 heteroatoms. The van der Waals surface area contributed by atoms with Crippen molar-refractivity contribution in [1.82, 2.24) is 10.2 Å². The van der Waals surface area contributed by atoms with Gasteiger partial charge in [-0.15, -0.1) is 5.10 Å². The van der Waals surface area contributed by atoms with Crippen LogP contribution in [0.4, 0.5) is 19.0 Å². The number of anilines is 1. The number of halogens is 3. The van der Waals surface area contributed by atoms with Crippen LogP contribution in [0.5, 0.6) is 0 Å². The lowest BCUT2D eigenvalue weighted by molar-refractivity contribution is -0.137. The molecule has 1 aromatic heterocycles. The number of nitrogen functional groups attached to an aromatic ring is 1. The maximum absolute atomic E-state index is 12.4. The summed E-state index contributed by atoms with van der Waals surface area (Å²) in [6, 6.07) is 6.34. The molecule has 3 nitrogen and oxygen atoms in total. The van der Waals surface area contributed by atoms with Gasteiger partial charge in [0.15, 0.2) is 5.82 Å². The smallest absolute Gasteiger partial charge is 0.382 e. The molecule has 0 aliphatic carbocycles. The summed E-state index contributed by atoms with van der Waals surface area (Å²) in [6.07, 6.45) is -2.90. The molecule has 0 spiro atoms. The zero-order valence-corrected chi connectivity index (χ0v) is 8.57. The minimum Gasteiger partial charge on any atom is -0.382 e. The van der Waals surface area contributed by atoms with Crippen molar-refractivity contribution in [3.63, 3.8) is 0 Å². The van der Waals surface area contributed by atoms with Gasteiger partial charge in [0, 0.05) is 5.56 Å². The fraction of sp³-hybridized carbons (Fsp3) is 0.0909. The highest BCUT2D eigenvalue weighted by molar-refractivity contribution is 5.73. The van der Waals surface area contributed by atoms with Crippen molar-refractivity contribution in [2.75, 3.05) is 5.73 Å². The Kier molecular flexibility index (Phi) is 2.71. The van der Waals surface area contributed by atoms with Gasteiger partial charge < -0.3 is 5.73 Å². The van der Waals surface area contributed by atoms with Crippen molar-refractivity contribution in [3.8, 4) is 11.1 Å². The number of nitrogens with zero attached hydrogens (tertiary/aromatic N) is 2. The van der Waals surface area contributed by atoms with E-state index in [0.29, 0.717) is 11.1 Å². The van der Waals surface area contributed by atoms with Crippen LogP contribution in [0.2, 0.25) is 0 Å². The fourth-order valence-corrected chi connectivity index (χ4v) is 1.43. The van der Waals surface area contributed by atoms with E-state index < -0.39 is 11.7 Å². The van der Waals surface area contributed by atoms with Crippen LogP contribution >= 0.6 is 0 Å². The van der Waals surface area contributed by atoms with Crippen LogP contribution in [0.15, 0.2) is 36.5 Å². The van der Waals surface area contributed by atoms with Crippen molar-refractivity contribution in [3.05, 3.63) is 42.1 Å². The minimum absolute atomic E-state index is 0.187. The first-order valence-corrected chi connectivity index (χ1v) is 4.73. The SMILES string of the molecule is Nc1nnccc1-c1ccc(C(F)(F)F)cc1. The Morgan fingerprint density at radius 1 is 1.00 bits per heavy atom. The van der Waals surface area contributed by atoms with E-state index in [0.717, 1.165) is 12.1 Å². The van der Waals surface area contributed by atoms with Gasteiger partial charge in [-0.25, -0.2) is 0 Å². The normalized spacial score (nSPS) is 11.5. The predicted molar refractivity (Wildman–Crippen MR) is 56.9 cm³/mol. The number of benzene rings is 1. The third-order valence-corrected chi connectivity index (χ3v) is 2.27. The second-order valence-corrected chi connectivity index (χ2v) is 3.41. The first-order valence-electron chi connectivity index (χ1n) is 4.73. The highest BCUT2D eigenvalue weighted by atomic mass is 19.4. The zero-order chi connectivity index (χ0) is 12.5. The van der Waals surface area contributed by atoms with Gasteiger partial charge in [0.25, 0.3) is 0 Å². The Morgan fingerprint density at radius 3 is 2.18 bits per heavy atom. The summed E-state index contributed by atoms with van der Waals surface area (Å²) in [5, 5.41) is 7.20. The monoisotopic (exact) mass is 239 g/mol. The molecule has 0 aliphatic heterocycles. The summed E-state index contributed by atoms with van der Waals surface area (Å²) in [6.45, 7) is 0. The largest absolute Gasteiger partial charge is 0.416 e. The Bertz CT molecular complexity index is 520. The Labute approximate surface area is 95.1 Å². The summed E-state index contributed by atoms with van der Waals surface area (Å²) in [4.78, 5) is 0. The molecule has 0 saturated carbocycles. The molecule has 0 unspecified atom stereocenters. The molecule has 2 N–H and O–H groups in total. The Morgan fingerprint density at radius 2 is 1.65 bits per heavy atom. The Balaban J connectivity index is 2.40. The summed E-state index contributed by atoms with van der Waals surface area (Å²) < 4.78 is 37.1. The average Bonchev–Trinajstić information content (AvgIpc) is 2.29. The molecule has 0 atom stereocenters.